The van der Waals surface area contributed by atoms with Crippen molar-refractivity contribution in [2.75, 3.05) is 18.4 Å². The van der Waals surface area contributed by atoms with Gasteiger partial charge in [-0.25, -0.2) is 8.42 Å². The van der Waals surface area contributed by atoms with Crippen LogP contribution in [0.15, 0.2) is 28.3 Å². The number of rotatable bonds is 6. The van der Waals surface area contributed by atoms with Crippen molar-refractivity contribution in [1.82, 2.24) is 19.1 Å². The van der Waals surface area contributed by atoms with Gasteiger partial charge in [-0.15, -0.1) is 10.2 Å². The smallest absolute Gasteiger partial charge is 0.243 e. The summed E-state index contributed by atoms with van der Waals surface area (Å²) in [6, 6.07) is 4.46. The van der Waals surface area contributed by atoms with Gasteiger partial charge < -0.3 is 9.88 Å². The number of aromatic nitrogens is 3. The second-order valence-electron chi connectivity index (χ2n) is 8.22. The summed E-state index contributed by atoms with van der Waals surface area (Å²) < 4.78 is 29.6. The number of aryl methyl sites for hydroxylation is 1. The van der Waals surface area contributed by atoms with Crippen molar-refractivity contribution in [3.8, 4) is 0 Å². The van der Waals surface area contributed by atoms with Gasteiger partial charge in [0, 0.05) is 26.1 Å². The van der Waals surface area contributed by atoms with Crippen LogP contribution in [0.2, 0.25) is 5.02 Å². The van der Waals surface area contributed by atoms with Gasteiger partial charge in [-0.3, -0.25) is 4.79 Å². The number of sulfonamides is 1. The highest BCUT2D eigenvalue weighted by molar-refractivity contribution is 8.00. The summed E-state index contributed by atoms with van der Waals surface area (Å²) in [6.45, 7) is 3.69. The maximum absolute atomic E-state index is 13.0. The van der Waals surface area contributed by atoms with E-state index in [-0.39, 0.29) is 10.8 Å². The standard InChI is InChI=1S/C21H28ClN5O3S2/c1-15(31-21-25-24-19-8-4-2-7-13-27(19)21)20(28)23-18-14-16(9-10-17(18)22)32(29,30)26-11-5-3-6-12-26/h9-10,14-15H,2-8,11-13H2,1H3,(H,23,28). The van der Waals surface area contributed by atoms with E-state index in [1.54, 1.807) is 6.92 Å². The first kappa shape index (κ1) is 23.5. The zero-order chi connectivity index (χ0) is 22.7. The molecule has 4 rings (SSSR count). The van der Waals surface area contributed by atoms with Crippen molar-refractivity contribution in [2.24, 2.45) is 0 Å². The lowest BCUT2D eigenvalue weighted by atomic mass is 10.2. The first-order valence-corrected chi connectivity index (χ1v) is 13.8. The lowest BCUT2D eigenvalue weighted by Crippen LogP contribution is -2.35. The number of thioether (sulfide) groups is 1. The van der Waals surface area contributed by atoms with E-state index < -0.39 is 15.3 Å². The van der Waals surface area contributed by atoms with Gasteiger partial charge in [-0.05, 0) is 50.8 Å². The molecule has 32 heavy (non-hydrogen) atoms. The summed E-state index contributed by atoms with van der Waals surface area (Å²) in [7, 11) is -3.62. The van der Waals surface area contributed by atoms with Gasteiger partial charge in [0.15, 0.2) is 5.16 Å². The van der Waals surface area contributed by atoms with Crippen LogP contribution in [-0.4, -0.2) is 51.7 Å². The minimum absolute atomic E-state index is 0.141. The molecule has 0 aliphatic carbocycles. The van der Waals surface area contributed by atoms with Crippen LogP contribution in [-0.2, 0) is 27.8 Å². The van der Waals surface area contributed by atoms with Crippen LogP contribution in [0, 0.1) is 0 Å². The predicted octanol–water partition coefficient (Wildman–Crippen LogP) is 3.95. The van der Waals surface area contributed by atoms with Gasteiger partial charge in [-0.1, -0.05) is 36.2 Å². The predicted molar refractivity (Wildman–Crippen MR) is 126 cm³/mol. The van der Waals surface area contributed by atoms with Crippen molar-refractivity contribution in [3.05, 3.63) is 29.0 Å². The lowest BCUT2D eigenvalue weighted by Gasteiger charge is -2.26. The molecule has 1 unspecified atom stereocenters. The number of benzene rings is 1. The Balaban J connectivity index is 1.47. The minimum atomic E-state index is -3.62. The van der Waals surface area contributed by atoms with Crippen molar-refractivity contribution in [3.63, 3.8) is 0 Å². The number of halogens is 1. The number of nitrogens with zero attached hydrogens (tertiary/aromatic N) is 4. The molecule has 2 aliphatic heterocycles. The molecule has 8 nitrogen and oxygen atoms in total. The highest BCUT2D eigenvalue weighted by atomic mass is 35.5. The Bertz CT molecular complexity index is 1080. The number of fused-ring (bicyclic) bond motifs is 1. The molecule has 0 saturated carbocycles. The Hall–Kier alpha value is -1.62. The number of nitrogens with one attached hydrogen (secondary N) is 1. The molecule has 11 heteroatoms. The third-order valence-electron chi connectivity index (χ3n) is 5.88. The summed E-state index contributed by atoms with van der Waals surface area (Å²) in [6.07, 6.45) is 7.01. The molecule has 2 aromatic rings. The number of hydrogen-bond donors (Lipinski definition) is 1. The number of carbonyl (C=O) groups is 1. The van der Waals surface area contributed by atoms with Crippen LogP contribution in [0.1, 0.15) is 51.3 Å². The van der Waals surface area contributed by atoms with Gasteiger partial charge in [0.25, 0.3) is 0 Å². The van der Waals surface area contributed by atoms with Gasteiger partial charge in [-0.2, -0.15) is 4.31 Å². The molecule has 1 aromatic heterocycles. The minimum Gasteiger partial charge on any atom is -0.324 e. The lowest BCUT2D eigenvalue weighted by molar-refractivity contribution is -0.115. The Morgan fingerprint density at radius 2 is 1.81 bits per heavy atom. The Labute approximate surface area is 198 Å². The zero-order valence-corrected chi connectivity index (χ0v) is 20.5. The van der Waals surface area contributed by atoms with Gasteiger partial charge in [0.2, 0.25) is 15.9 Å². The zero-order valence-electron chi connectivity index (χ0n) is 18.1. The number of hydrogen-bond acceptors (Lipinski definition) is 6. The second kappa shape index (κ2) is 10.1. The number of carbonyl (C=O) groups excluding carboxylic acids is 1. The van der Waals surface area contributed by atoms with Crippen molar-refractivity contribution in [2.45, 2.75) is 73.7 Å². The quantitative estimate of drug-likeness (QED) is 0.607. The molecule has 1 fully saturated rings. The molecule has 3 heterocycles. The van der Waals surface area contributed by atoms with Crippen LogP contribution in [0.3, 0.4) is 0 Å². The fourth-order valence-electron chi connectivity index (χ4n) is 4.01. The topological polar surface area (TPSA) is 97.2 Å². The van der Waals surface area contributed by atoms with E-state index in [2.05, 4.69) is 20.1 Å². The molecule has 0 spiro atoms. The second-order valence-corrected chi connectivity index (χ2v) is 11.9. The molecule has 1 atom stereocenters. The molecule has 2 aliphatic rings. The summed E-state index contributed by atoms with van der Waals surface area (Å²) in [5.41, 5.74) is 0.294. The molecule has 0 radical (unpaired) electrons. The molecule has 1 aromatic carbocycles. The third-order valence-corrected chi connectivity index (χ3v) is 9.18. The monoisotopic (exact) mass is 497 g/mol. The average molecular weight is 498 g/mol. The van der Waals surface area contributed by atoms with Crippen LogP contribution in [0.5, 0.6) is 0 Å². The fraction of sp³-hybridized carbons (Fsp3) is 0.571. The number of piperidine rings is 1. The average Bonchev–Trinajstić information content (AvgIpc) is 3.01. The Morgan fingerprint density at radius 1 is 1.09 bits per heavy atom. The van der Waals surface area contributed by atoms with Gasteiger partial charge >= 0.3 is 0 Å². The Morgan fingerprint density at radius 3 is 2.59 bits per heavy atom. The van der Waals surface area contributed by atoms with Gasteiger partial charge in [0.05, 0.1) is 20.9 Å². The van der Waals surface area contributed by atoms with E-state index in [0.29, 0.717) is 23.8 Å². The molecular weight excluding hydrogens is 470 g/mol. The van der Waals surface area contributed by atoms with E-state index in [9.17, 15) is 13.2 Å². The van der Waals surface area contributed by atoms with Crippen LogP contribution >= 0.6 is 23.4 Å². The van der Waals surface area contributed by atoms with E-state index in [1.165, 1.54) is 40.7 Å². The van der Waals surface area contributed by atoms with Crippen molar-refractivity contribution in [1.29, 1.82) is 0 Å². The van der Waals surface area contributed by atoms with Crippen molar-refractivity contribution >= 4 is 45.0 Å². The molecule has 174 valence electrons. The van der Waals surface area contributed by atoms with E-state index in [1.807, 2.05) is 0 Å². The fourth-order valence-corrected chi connectivity index (χ4v) is 6.61. The molecule has 1 amide bonds. The van der Waals surface area contributed by atoms with Crippen molar-refractivity contribution < 1.29 is 13.2 Å². The molecule has 0 bridgehead atoms. The summed E-state index contributed by atoms with van der Waals surface area (Å²) in [5, 5.41) is 11.9. The molecule has 1 saturated heterocycles. The maximum Gasteiger partial charge on any atom is 0.243 e. The highest BCUT2D eigenvalue weighted by Crippen LogP contribution is 2.30. The van der Waals surface area contributed by atoms with Crippen LogP contribution in [0.25, 0.3) is 0 Å². The summed E-state index contributed by atoms with van der Waals surface area (Å²) >= 11 is 7.63. The highest BCUT2D eigenvalue weighted by Gasteiger charge is 2.27. The first-order valence-electron chi connectivity index (χ1n) is 11.1. The van der Waals surface area contributed by atoms with E-state index in [4.69, 9.17) is 11.6 Å². The summed E-state index contributed by atoms with van der Waals surface area (Å²) in [5.74, 6) is 0.701. The largest absolute Gasteiger partial charge is 0.324 e. The Kier molecular flexibility index (Phi) is 7.44. The maximum atomic E-state index is 13.0. The van der Waals surface area contributed by atoms with Crippen LogP contribution < -0.4 is 5.32 Å². The van der Waals surface area contributed by atoms with E-state index >= 15 is 0 Å². The van der Waals surface area contributed by atoms with E-state index in [0.717, 1.165) is 56.1 Å². The number of anilines is 1. The molecular formula is C21H28ClN5O3S2. The molecule has 1 N–H and O–H groups in total. The van der Waals surface area contributed by atoms with Gasteiger partial charge in [0.1, 0.15) is 5.82 Å². The third kappa shape index (κ3) is 5.13. The first-order chi connectivity index (χ1) is 15.4. The SMILES string of the molecule is CC(Sc1nnc2n1CCCCC2)C(=O)Nc1cc(S(=O)(=O)N2CCCCC2)ccc1Cl. The summed E-state index contributed by atoms with van der Waals surface area (Å²) in [4.78, 5) is 13.0. The number of amides is 1. The van der Waals surface area contributed by atoms with Crippen LogP contribution in [0.4, 0.5) is 5.69 Å². The normalized spacial score (nSPS) is 18.6.